The summed E-state index contributed by atoms with van der Waals surface area (Å²) >= 11 is 0. The van der Waals surface area contributed by atoms with E-state index in [0.29, 0.717) is 11.1 Å². The van der Waals surface area contributed by atoms with Crippen LogP contribution in [-0.2, 0) is 0 Å². The summed E-state index contributed by atoms with van der Waals surface area (Å²) in [5.41, 5.74) is 1.81. The Kier molecular flexibility index (Phi) is 2.93. The maximum Gasteiger partial charge on any atom is 0.417 e. The van der Waals surface area contributed by atoms with Gasteiger partial charge in [-0.25, -0.2) is 4.79 Å². The molecule has 1 aromatic heterocycles. The topological polar surface area (TPSA) is 98.5 Å². The highest BCUT2D eigenvalue weighted by Gasteiger charge is 2.04. The quantitative estimate of drug-likeness (QED) is 0.580. The SMILES string of the molecule is O=c1[nH]c2cc(NCC(O)CO)ccc2o1. The number of aliphatic hydroxyl groups is 2. The minimum atomic E-state index is -0.806. The van der Waals surface area contributed by atoms with E-state index in [1.807, 2.05) is 0 Å². The van der Waals surface area contributed by atoms with E-state index in [9.17, 15) is 4.79 Å². The molecular formula is C10H12N2O4. The van der Waals surface area contributed by atoms with Crippen molar-refractivity contribution in [1.29, 1.82) is 0 Å². The summed E-state index contributed by atoms with van der Waals surface area (Å²) in [6, 6.07) is 5.08. The van der Waals surface area contributed by atoms with Crippen molar-refractivity contribution in [2.75, 3.05) is 18.5 Å². The van der Waals surface area contributed by atoms with E-state index in [1.165, 1.54) is 0 Å². The molecule has 6 nitrogen and oxygen atoms in total. The second-order valence-electron chi connectivity index (χ2n) is 3.44. The van der Waals surface area contributed by atoms with Gasteiger partial charge in [-0.2, -0.15) is 0 Å². The van der Waals surface area contributed by atoms with Crippen molar-refractivity contribution in [2.45, 2.75) is 6.10 Å². The first kappa shape index (κ1) is 10.7. The molecule has 0 bridgehead atoms. The second-order valence-corrected chi connectivity index (χ2v) is 3.44. The molecule has 1 aromatic carbocycles. The van der Waals surface area contributed by atoms with Crippen LogP contribution in [0, 0.1) is 0 Å². The molecule has 2 rings (SSSR count). The van der Waals surface area contributed by atoms with Crippen molar-refractivity contribution >= 4 is 16.8 Å². The van der Waals surface area contributed by atoms with Gasteiger partial charge in [0.2, 0.25) is 0 Å². The highest BCUT2D eigenvalue weighted by molar-refractivity contribution is 5.76. The number of rotatable bonds is 4. The van der Waals surface area contributed by atoms with Crippen LogP contribution in [0.4, 0.5) is 5.69 Å². The van der Waals surface area contributed by atoms with E-state index in [0.717, 1.165) is 5.69 Å². The van der Waals surface area contributed by atoms with Crippen molar-refractivity contribution in [3.05, 3.63) is 28.7 Å². The zero-order chi connectivity index (χ0) is 11.5. The predicted octanol–water partition coefficient (Wildman–Crippen LogP) is -0.114. The Morgan fingerprint density at radius 2 is 2.31 bits per heavy atom. The lowest BCUT2D eigenvalue weighted by Gasteiger charge is -2.09. The number of hydrogen-bond donors (Lipinski definition) is 4. The molecule has 2 aromatic rings. The molecule has 16 heavy (non-hydrogen) atoms. The van der Waals surface area contributed by atoms with Gasteiger partial charge in [0.05, 0.1) is 18.2 Å². The number of benzene rings is 1. The summed E-state index contributed by atoms with van der Waals surface area (Å²) in [7, 11) is 0. The Morgan fingerprint density at radius 1 is 1.50 bits per heavy atom. The van der Waals surface area contributed by atoms with Crippen LogP contribution >= 0.6 is 0 Å². The second kappa shape index (κ2) is 4.38. The van der Waals surface area contributed by atoms with Gasteiger partial charge in [-0.05, 0) is 18.2 Å². The number of nitrogens with one attached hydrogen (secondary N) is 2. The zero-order valence-electron chi connectivity index (χ0n) is 8.43. The molecule has 0 fully saturated rings. The third-order valence-electron chi connectivity index (χ3n) is 2.17. The molecule has 6 heteroatoms. The van der Waals surface area contributed by atoms with Gasteiger partial charge >= 0.3 is 5.76 Å². The largest absolute Gasteiger partial charge is 0.417 e. The molecule has 1 unspecified atom stereocenters. The number of hydrogen-bond acceptors (Lipinski definition) is 5. The molecule has 4 N–H and O–H groups in total. The van der Waals surface area contributed by atoms with E-state index < -0.39 is 11.9 Å². The van der Waals surface area contributed by atoms with Crippen LogP contribution in [0.25, 0.3) is 11.1 Å². The molecule has 0 amide bonds. The number of anilines is 1. The van der Waals surface area contributed by atoms with Gasteiger partial charge in [0, 0.05) is 12.2 Å². The van der Waals surface area contributed by atoms with E-state index in [4.69, 9.17) is 14.6 Å². The van der Waals surface area contributed by atoms with E-state index in [1.54, 1.807) is 18.2 Å². The summed E-state index contributed by atoms with van der Waals surface area (Å²) in [5.74, 6) is -0.498. The lowest BCUT2D eigenvalue weighted by molar-refractivity contribution is 0.105. The summed E-state index contributed by atoms with van der Waals surface area (Å²) in [6.07, 6.45) is -0.806. The van der Waals surface area contributed by atoms with Gasteiger partial charge in [0.15, 0.2) is 5.58 Å². The van der Waals surface area contributed by atoms with E-state index in [-0.39, 0.29) is 13.2 Å². The number of aromatic nitrogens is 1. The first-order valence-electron chi connectivity index (χ1n) is 4.84. The number of oxazole rings is 1. The molecule has 0 spiro atoms. The molecule has 0 radical (unpaired) electrons. The van der Waals surface area contributed by atoms with Crippen LogP contribution in [0.1, 0.15) is 0 Å². The lowest BCUT2D eigenvalue weighted by Crippen LogP contribution is -2.22. The fraction of sp³-hybridized carbons (Fsp3) is 0.300. The van der Waals surface area contributed by atoms with Crippen LogP contribution in [-0.4, -0.2) is 34.5 Å². The minimum absolute atomic E-state index is 0.240. The molecule has 86 valence electrons. The van der Waals surface area contributed by atoms with Gasteiger partial charge in [-0.1, -0.05) is 0 Å². The Balaban J connectivity index is 2.16. The number of H-pyrrole nitrogens is 1. The highest BCUT2D eigenvalue weighted by atomic mass is 16.4. The van der Waals surface area contributed by atoms with Gasteiger partial charge < -0.3 is 19.9 Å². The monoisotopic (exact) mass is 224 g/mol. The van der Waals surface area contributed by atoms with Crippen molar-refractivity contribution < 1.29 is 14.6 Å². The van der Waals surface area contributed by atoms with Crippen LogP contribution in [0.5, 0.6) is 0 Å². The number of aliphatic hydroxyl groups excluding tert-OH is 2. The summed E-state index contributed by atoms with van der Waals surface area (Å²) in [4.78, 5) is 13.4. The van der Waals surface area contributed by atoms with Gasteiger partial charge in [0.1, 0.15) is 0 Å². The first-order chi connectivity index (χ1) is 7.69. The number of fused-ring (bicyclic) bond motifs is 1. The third kappa shape index (κ3) is 2.23. The average Bonchev–Trinajstić information content (AvgIpc) is 2.65. The van der Waals surface area contributed by atoms with E-state index >= 15 is 0 Å². The molecule has 0 aliphatic carbocycles. The Hall–Kier alpha value is -1.79. The van der Waals surface area contributed by atoms with Crippen LogP contribution < -0.4 is 11.1 Å². The van der Waals surface area contributed by atoms with E-state index in [2.05, 4.69) is 10.3 Å². The van der Waals surface area contributed by atoms with Crippen molar-refractivity contribution in [2.24, 2.45) is 0 Å². The van der Waals surface area contributed by atoms with Gasteiger partial charge in [-0.15, -0.1) is 0 Å². The molecule has 1 heterocycles. The molecule has 0 aliphatic heterocycles. The maximum atomic E-state index is 10.9. The van der Waals surface area contributed by atoms with Crippen molar-refractivity contribution in [3.8, 4) is 0 Å². The fourth-order valence-electron chi connectivity index (χ4n) is 1.36. The van der Waals surface area contributed by atoms with Crippen LogP contribution in [0.3, 0.4) is 0 Å². The number of aromatic amines is 1. The standard InChI is InChI=1S/C10H12N2O4/c13-5-7(14)4-11-6-1-2-9-8(3-6)12-10(15)16-9/h1-3,7,11,13-14H,4-5H2,(H,12,15). The smallest absolute Gasteiger partial charge is 0.408 e. The Bertz CT molecular complexity index is 531. The van der Waals surface area contributed by atoms with Gasteiger partial charge in [-0.3, -0.25) is 4.98 Å². The Morgan fingerprint density at radius 3 is 3.06 bits per heavy atom. The minimum Gasteiger partial charge on any atom is -0.408 e. The van der Waals surface area contributed by atoms with Crippen molar-refractivity contribution in [1.82, 2.24) is 4.98 Å². The van der Waals surface area contributed by atoms with Crippen LogP contribution in [0.2, 0.25) is 0 Å². The third-order valence-corrected chi connectivity index (χ3v) is 2.17. The maximum absolute atomic E-state index is 10.9. The normalized spacial score (nSPS) is 12.9. The lowest BCUT2D eigenvalue weighted by atomic mass is 10.2. The molecule has 0 aliphatic rings. The fourth-order valence-corrected chi connectivity index (χ4v) is 1.36. The Labute approximate surface area is 90.5 Å². The molecule has 1 atom stereocenters. The highest BCUT2D eigenvalue weighted by Crippen LogP contribution is 2.15. The average molecular weight is 224 g/mol. The molecule has 0 saturated heterocycles. The summed E-state index contributed by atoms with van der Waals surface area (Å²) in [6.45, 7) is -0.0537. The molecule has 0 saturated carbocycles. The van der Waals surface area contributed by atoms with Crippen molar-refractivity contribution in [3.63, 3.8) is 0 Å². The van der Waals surface area contributed by atoms with Gasteiger partial charge in [0.25, 0.3) is 0 Å². The molecular weight excluding hydrogens is 212 g/mol. The first-order valence-corrected chi connectivity index (χ1v) is 4.84. The predicted molar refractivity (Wildman–Crippen MR) is 58.4 cm³/mol. The summed E-state index contributed by atoms with van der Waals surface area (Å²) < 4.78 is 4.84. The summed E-state index contributed by atoms with van der Waals surface area (Å²) in [5, 5.41) is 20.7. The van der Waals surface area contributed by atoms with Crippen LogP contribution in [0.15, 0.2) is 27.4 Å². The zero-order valence-corrected chi connectivity index (χ0v) is 8.43.